The average molecular weight is 339 g/mol. The quantitative estimate of drug-likeness (QED) is 0.766. The predicted octanol–water partition coefficient (Wildman–Crippen LogP) is 1.30. The van der Waals surface area contributed by atoms with Crippen LogP contribution in [-0.2, 0) is 19.0 Å². The molecule has 1 aromatic carbocycles. The molecule has 1 aliphatic rings. The van der Waals surface area contributed by atoms with Gasteiger partial charge in [-0.1, -0.05) is 5.16 Å². The number of anilines is 1. The lowest BCUT2D eigenvalue weighted by Gasteiger charge is -2.12. The highest BCUT2D eigenvalue weighted by Gasteiger charge is 2.35. The number of ether oxygens (including phenoxy) is 1. The summed E-state index contributed by atoms with van der Waals surface area (Å²) < 4.78 is 36.6. The van der Waals surface area contributed by atoms with Crippen LogP contribution in [0.25, 0.3) is 11.4 Å². The molecule has 122 valence electrons. The smallest absolute Gasteiger partial charge is 0.416 e. The van der Waals surface area contributed by atoms with Gasteiger partial charge in [0.2, 0.25) is 18.0 Å². The highest BCUT2D eigenvalue weighted by molar-refractivity contribution is 7.86. The molecule has 0 N–H and O–H groups in total. The molecule has 1 atom stereocenters. The van der Waals surface area contributed by atoms with E-state index in [1.165, 1.54) is 4.90 Å². The molecule has 10 heteroatoms. The van der Waals surface area contributed by atoms with Gasteiger partial charge in [0.05, 0.1) is 12.8 Å². The first-order chi connectivity index (χ1) is 10.8. The summed E-state index contributed by atoms with van der Waals surface area (Å²) in [6.07, 6.45) is -0.940. The Kier molecular flexibility index (Phi) is 3.78. The van der Waals surface area contributed by atoms with Crippen LogP contribution in [0.2, 0.25) is 0 Å². The number of rotatable bonds is 4. The van der Waals surface area contributed by atoms with Crippen LogP contribution in [0.5, 0.6) is 0 Å². The Morgan fingerprint density at radius 2 is 2.00 bits per heavy atom. The molecular formula is C13H13N3O6S. The lowest BCUT2D eigenvalue weighted by Crippen LogP contribution is -2.26. The number of hydrogen-bond acceptors (Lipinski definition) is 8. The summed E-state index contributed by atoms with van der Waals surface area (Å²) in [7, 11) is -3.71. The van der Waals surface area contributed by atoms with Crippen LogP contribution in [0.15, 0.2) is 28.8 Å². The first kappa shape index (κ1) is 15.4. The molecule has 0 bridgehead atoms. The molecule has 1 unspecified atom stereocenters. The number of hydrogen-bond donors (Lipinski definition) is 0. The van der Waals surface area contributed by atoms with Crippen molar-refractivity contribution in [3.05, 3.63) is 30.2 Å². The maximum absolute atomic E-state index is 11.8. The number of benzene rings is 1. The van der Waals surface area contributed by atoms with Crippen molar-refractivity contribution in [2.45, 2.75) is 13.2 Å². The molecule has 0 spiro atoms. The van der Waals surface area contributed by atoms with E-state index in [2.05, 4.69) is 14.3 Å². The van der Waals surface area contributed by atoms with Crippen molar-refractivity contribution in [3.8, 4) is 11.4 Å². The minimum Gasteiger partial charge on any atom is -0.416 e. The van der Waals surface area contributed by atoms with Crippen LogP contribution in [0, 0.1) is 6.92 Å². The van der Waals surface area contributed by atoms with E-state index in [0.29, 0.717) is 17.4 Å². The summed E-state index contributed by atoms with van der Waals surface area (Å²) >= 11 is 0. The Labute approximate surface area is 131 Å². The second-order valence-electron chi connectivity index (χ2n) is 4.91. The molecule has 2 heterocycles. The maximum atomic E-state index is 11.8. The zero-order valence-electron chi connectivity index (χ0n) is 12.3. The molecular weight excluding hydrogens is 326 g/mol. The van der Waals surface area contributed by atoms with E-state index in [0.717, 1.165) is 11.8 Å². The summed E-state index contributed by atoms with van der Waals surface area (Å²) in [5.41, 5.74) is 1.26. The van der Waals surface area contributed by atoms with Gasteiger partial charge in [-0.2, -0.15) is 13.4 Å². The largest absolute Gasteiger partial charge is 0.416 e. The molecule has 0 radical (unpaired) electrons. The molecule has 2 aromatic rings. The van der Waals surface area contributed by atoms with Crippen LogP contribution >= 0.6 is 0 Å². The number of carbonyl (C=O) groups is 1. The van der Waals surface area contributed by atoms with Gasteiger partial charge < -0.3 is 9.26 Å². The van der Waals surface area contributed by atoms with Crippen molar-refractivity contribution in [3.63, 3.8) is 0 Å². The van der Waals surface area contributed by atoms with Gasteiger partial charge in [0.15, 0.2) is 0 Å². The molecule has 1 fully saturated rings. The highest BCUT2D eigenvalue weighted by Crippen LogP contribution is 2.25. The molecule has 1 saturated heterocycles. The monoisotopic (exact) mass is 339 g/mol. The Hall–Kier alpha value is -2.46. The summed E-state index contributed by atoms with van der Waals surface area (Å²) in [4.78, 5) is 17.2. The normalized spacial score (nSPS) is 18.3. The zero-order chi connectivity index (χ0) is 16.6. The average Bonchev–Trinajstić information content (AvgIpc) is 3.03. The van der Waals surface area contributed by atoms with Crippen molar-refractivity contribution >= 4 is 21.9 Å². The van der Waals surface area contributed by atoms with E-state index in [9.17, 15) is 13.2 Å². The third-order valence-electron chi connectivity index (χ3n) is 3.03. The fourth-order valence-corrected chi connectivity index (χ4v) is 2.59. The number of cyclic esters (lactones) is 1. The minimum absolute atomic E-state index is 0.0213. The molecule has 23 heavy (non-hydrogen) atoms. The van der Waals surface area contributed by atoms with Crippen LogP contribution in [0.3, 0.4) is 0 Å². The van der Waals surface area contributed by atoms with Gasteiger partial charge in [0.25, 0.3) is 10.1 Å². The molecule has 1 aromatic heterocycles. The second kappa shape index (κ2) is 5.63. The van der Waals surface area contributed by atoms with Gasteiger partial charge in [-0.3, -0.25) is 4.90 Å². The van der Waals surface area contributed by atoms with Crippen LogP contribution in [0.1, 0.15) is 5.89 Å². The Balaban J connectivity index is 1.76. The van der Waals surface area contributed by atoms with Crippen molar-refractivity contribution in [1.82, 2.24) is 10.1 Å². The van der Waals surface area contributed by atoms with Crippen molar-refractivity contribution in [1.29, 1.82) is 0 Å². The van der Waals surface area contributed by atoms with Crippen molar-refractivity contribution in [2.75, 3.05) is 17.7 Å². The van der Waals surface area contributed by atoms with E-state index >= 15 is 0 Å². The van der Waals surface area contributed by atoms with Crippen LogP contribution < -0.4 is 4.90 Å². The fraction of sp³-hybridized carbons (Fsp3) is 0.308. The third kappa shape index (κ3) is 3.48. The topological polar surface area (TPSA) is 112 Å². The number of carbonyl (C=O) groups excluding carboxylic acids is 1. The van der Waals surface area contributed by atoms with Gasteiger partial charge in [-0.15, -0.1) is 0 Å². The lowest BCUT2D eigenvalue weighted by atomic mass is 10.2. The number of amides is 1. The molecule has 3 rings (SSSR count). The van der Waals surface area contributed by atoms with E-state index in [1.54, 1.807) is 31.2 Å². The molecule has 0 aliphatic carbocycles. The molecule has 1 amide bonds. The van der Waals surface area contributed by atoms with Gasteiger partial charge in [-0.05, 0) is 24.3 Å². The van der Waals surface area contributed by atoms with Gasteiger partial charge in [-0.25, -0.2) is 8.98 Å². The van der Waals surface area contributed by atoms with E-state index in [1.807, 2.05) is 0 Å². The Morgan fingerprint density at radius 3 is 2.57 bits per heavy atom. The van der Waals surface area contributed by atoms with Gasteiger partial charge in [0.1, 0.15) is 0 Å². The van der Waals surface area contributed by atoms with E-state index in [4.69, 9.17) is 9.26 Å². The summed E-state index contributed by atoms with van der Waals surface area (Å²) in [5, 5.41) is 3.80. The number of aromatic nitrogens is 2. The van der Waals surface area contributed by atoms with Crippen molar-refractivity contribution in [2.24, 2.45) is 0 Å². The zero-order valence-corrected chi connectivity index (χ0v) is 13.1. The Morgan fingerprint density at radius 1 is 1.30 bits per heavy atom. The standard InChI is InChI=1S/C13H13N3O6S/c1-8-14-12(15-21-8)9-3-5-10(6-4-9)16-7-11(20-13(16)17)22-23(2,18)19/h3-6,11H,7H2,1-2H3. The van der Waals surface area contributed by atoms with E-state index < -0.39 is 22.5 Å². The minimum atomic E-state index is -3.71. The maximum Gasteiger partial charge on any atom is 0.416 e. The van der Waals surface area contributed by atoms with Crippen LogP contribution in [0.4, 0.5) is 10.5 Å². The highest BCUT2D eigenvalue weighted by atomic mass is 32.2. The molecule has 9 nitrogen and oxygen atoms in total. The van der Waals surface area contributed by atoms with Crippen LogP contribution in [-0.4, -0.2) is 43.7 Å². The fourth-order valence-electron chi connectivity index (χ4n) is 2.10. The lowest BCUT2D eigenvalue weighted by molar-refractivity contribution is 0.0114. The van der Waals surface area contributed by atoms with Crippen molar-refractivity contribution < 1.29 is 26.7 Å². The van der Waals surface area contributed by atoms with Gasteiger partial charge in [0, 0.05) is 18.2 Å². The summed E-state index contributed by atoms with van der Waals surface area (Å²) in [5.74, 6) is 0.893. The molecule has 0 saturated carbocycles. The number of nitrogens with zero attached hydrogens (tertiary/aromatic N) is 3. The SMILES string of the molecule is Cc1nc(-c2ccc(N3CC(OS(C)(=O)=O)OC3=O)cc2)no1. The first-order valence-electron chi connectivity index (χ1n) is 6.59. The van der Waals surface area contributed by atoms with Gasteiger partial charge >= 0.3 is 6.09 Å². The second-order valence-corrected chi connectivity index (χ2v) is 6.51. The summed E-state index contributed by atoms with van der Waals surface area (Å²) in [6, 6.07) is 6.78. The first-order valence-corrected chi connectivity index (χ1v) is 8.40. The third-order valence-corrected chi connectivity index (χ3v) is 3.60. The summed E-state index contributed by atoms with van der Waals surface area (Å²) in [6.45, 7) is 1.67. The molecule has 1 aliphatic heterocycles. The number of aryl methyl sites for hydroxylation is 1. The Bertz CT molecular complexity index is 830. The predicted molar refractivity (Wildman–Crippen MR) is 78.0 cm³/mol. The van der Waals surface area contributed by atoms with E-state index in [-0.39, 0.29) is 6.54 Å².